The second kappa shape index (κ2) is 5.89. The fraction of sp³-hybridized carbons (Fsp3) is 0.571. The van der Waals surface area contributed by atoms with Crippen molar-refractivity contribution in [2.24, 2.45) is 0 Å². The van der Waals surface area contributed by atoms with Crippen LogP contribution in [0.15, 0.2) is 18.2 Å². The molecule has 0 saturated carbocycles. The van der Waals surface area contributed by atoms with E-state index < -0.39 is 0 Å². The molecule has 0 amide bonds. The van der Waals surface area contributed by atoms with Crippen LogP contribution in [-0.4, -0.2) is 25.2 Å². The van der Waals surface area contributed by atoms with E-state index in [0.717, 1.165) is 25.2 Å². The molecule has 1 aliphatic heterocycles. The zero-order valence-electron chi connectivity index (χ0n) is 10.9. The van der Waals surface area contributed by atoms with Gasteiger partial charge >= 0.3 is 0 Å². The lowest BCUT2D eigenvalue weighted by molar-refractivity contribution is 0.394. The fourth-order valence-corrected chi connectivity index (χ4v) is 2.68. The normalized spacial score (nSPS) is 20.5. The summed E-state index contributed by atoms with van der Waals surface area (Å²) >= 11 is 5.84. The highest BCUT2D eigenvalue weighted by Gasteiger charge is 2.20. The molecule has 1 atom stereocenters. The average molecular weight is 271 g/mol. The number of nitrogens with zero attached hydrogens (tertiary/aromatic N) is 1. The maximum Gasteiger partial charge on any atom is 0.141 e. The number of hydrogen-bond donors (Lipinski definition) is 1. The molecule has 2 nitrogen and oxygen atoms in total. The van der Waals surface area contributed by atoms with Crippen molar-refractivity contribution in [3.05, 3.63) is 29.0 Å². The molecule has 100 valence electrons. The van der Waals surface area contributed by atoms with Gasteiger partial charge in [0, 0.05) is 30.9 Å². The van der Waals surface area contributed by atoms with Crippen molar-refractivity contribution in [3.8, 4) is 0 Å². The van der Waals surface area contributed by atoms with Crippen molar-refractivity contribution in [2.45, 2.75) is 38.8 Å². The quantitative estimate of drug-likeness (QED) is 0.905. The molecule has 1 aliphatic rings. The lowest BCUT2D eigenvalue weighted by Gasteiger charge is -2.35. The molecule has 1 aromatic carbocycles. The van der Waals surface area contributed by atoms with Gasteiger partial charge in [-0.15, -0.1) is 0 Å². The van der Waals surface area contributed by atoms with Crippen molar-refractivity contribution < 1.29 is 4.39 Å². The van der Waals surface area contributed by atoms with Gasteiger partial charge in [0.25, 0.3) is 0 Å². The second-order valence-corrected chi connectivity index (χ2v) is 5.61. The highest BCUT2D eigenvalue weighted by molar-refractivity contribution is 6.31. The highest BCUT2D eigenvalue weighted by Crippen LogP contribution is 2.25. The SMILES string of the molecule is CC(C)NC1CCCN(c2ccc(F)c(Cl)c2)C1. The molecule has 1 heterocycles. The molecular formula is C14H20ClFN2. The van der Waals surface area contributed by atoms with Gasteiger partial charge in [-0.3, -0.25) is 0 Å². The van der Waals surface area contributed by atoms with Crippen LogP contribution in [0.2, 0.25) is 5.02 Å². The second-order valence-electron chi connectivity index (χ2n) is 5.20. The van der Waals surface area contributed by atoms with E-state index in [2.05, 4.69) is 24.1 Å². The van der Waals surface area contributed by atoms with Gasteiger partial charge in [-0.05, 0) is 31.0 Å². The number of halogens is 2. The largest absolute Gasteiger partial charge is 0.370 e. The van der Waals surface area contributed by atoms with Crippen LogP contribution in [0.3, 0.4) is 0 Å². The number of hydrogen-bond acceptors (Lipinski definition) is 2. The van der Waals surface area contributed by atoms with E-state index in [-0.39, 0.29) is 10.8 Å². The Bertz CT molecular complexity index is 409. The van der Waals surface area contributed by atoms with Gasteiger partial charge in [-0.2, -0.15) is 0 Å². The molecule has 4 heteroatoms. The number of piperidine rings is 1. The Labute approximate surface area is 113 Å². The molecule has 0 aromatic heterocycles. The average Bonchev–Trinajstić information content (AvgIpc) is 2.32. The van der Waals surface area contributed by atoms with Gasteiger partial charge in [0.2, 0.25) is 0 Å². The van der Waals surface area contributed by atoms with Crippen LogP contribution in [0.25, 0.3) is 0 Å². The predicted molar refractivity (Wildman–Crippen MR) is 74.9 cm³/mol. The molecule has 18 heavy (non-hydrogen) atoms. The third-order valence-corrected chi connectivity index (χ3v) is 3.55. The summed E-state index contributed by atoms with van der Waals surface area (Å²) in [7, 11) is 0. The summed E-state index contributed by atoms with van der Waals surface area (Å²) in [5.74, 6) is -0.353. The zero-order chi connectivity index (χ0) is 13.1. The highest BCUT2D eigenvalue weighted by atomic mass is 35.5. The van der Waals surface area contributed by atoms with Gasteiger partial charge in [-0.25, -0.2) is 4.39 Å². The van der Waals surface area contributed by atoms with Crippen LogP contribution < -0.4 is 10.2 Å². The molecule has 1 saturated heterocycles. The summed E-state index contributed by atoms with van der Waals surface area (Å²) in [5.41, 5.74) is 1.01. The third kappa shape index (κ3) is 3.36. The van der Waals surface area contributed by atoms with E-state index in [9.17, 15) is 4.39 Å². The standard InChI is InChI=1S/C14H20ClFN2/c1-10(2)17-11-4-3-7-18(9-11)12-5-6-14(16)13(15)8-12/h5-6,8,10-11,17H,3-4,7,9H2,1-2H3. The molecular weight excluding hydrogens is 251 g/mol. The Kier molecular flexibility index (Phi) is 4.46. The summed E-state index contributed by atoms with van der Waals surface area (Å²) in [6.45, 7) is 6.29. The molecule has 0 bridgehead atoms. The van der Waals surface area contributed by atoms with Gasteiger partial charge in [0.15, 0.2) is 0 Å². The lowest BCUT2D eigenvalue weighted by Crippen LogP contribution is -2.47. The van der Waals surface area contributed by atoms with Gasteiger partial charge in [-0.1, -0.05) is 25.4 Å². The van der Waals surface area contributed by atoms with Crippen molar-refractivity contribution >= 4 is 17.3 Å². The predicted octanol–water partition coefficient (Wildman–Crippen LogP) is 3.45. The fourth-order valence-electron chi connectivity index (χ4n) is 2.50. The van der Waals surface area contributed by atoms with E-state index in [1.54, 1.807) is 12.1 Å². The first-order chi connectivity index (χ1) is 8.56. The lowest BCUT2D eigenvalue weighted by atomic mass is 10.0. The summed E-state index contributed by atoms with van der Waals surface area (Å²) in [5, 5.41) is 3.76. The molecule has 0 spiro atoms. The van der Waals surface area contributed by atoms with Gasteiger partial charge in [0.1, 0.15) is 5.82 Å². The van der Waals surface area contributed by atoms with Crippen molar-refractivity contribution in [2.75, 3.05) is 18.0 Å². The summed E-state index contributed by atoms with van der Waals surface area (Å²) in [4.78, 5) is 2.27. The molecule has 0 radical (unpaired) electrons. The van der Waals surface area contributed by atoms with Crippen molar-refractivity contribution in [1.82, 2.24) is 5.32 Å². The van der Waals surface area contributed by atoms with E-state index in [1.165, 1.54) is 12.5 Å². The maximum absolute atomic E-state index is 13.2. The van der Waals surface area contributed by atoms with Crippen molar-refractivity contribution in [1.29, 1.82) is 0 Å². The van der Waals surface area contributed by atoms with Crippen LogP contribution in [-0.2, 0) is 0 Å². The van der Waals surface area contributed by atoms with E-state index >= 15 is 0 Å². The van der Waals surface area contributed by atoms with E-state index in [1.807, 2.05) is 0 Å². The summed E-state index contributed by atoms with van der Waals surface area (Å²) in [6.07, 6.45) is 2.35. The van der Waals surface area contributed by atoms with Crippen LogP contribution in [0.4, 0.5) is 10.1 Å². The zero-order valence-corrected chi connectivity index (χ0v) is 11.7. The Morgan fingerprint density at radius 2 is 2.22 bits per heavy atom. The molecule has 1 aromatic rings. The van der Waals surface area contributed by atoms with Crippen LogP contribution in [0, 0.1) is 5.82 Å². The van der Waals surface area contributed by atoms with Crippen LogP contribution >= 0.6 is 11.6 Å². The first-order valence-corrected chi connectivity index (χ1v) is 6.90. The Balaban J connectivity index is 2.05. The minimum absolute atomic E-state index is 0.200. The molecule has 1 N–H and O–H groups in total. The van der Waals surface area contributed by atoms with Crippen molar-refractivity contribution in [3.63, 3.8) is 0 Å². The van der Waals surface area contributed by atoms with Gasteiger partial charge < -0.3 is 10.2 Å². The molecule has 1 unspecified atom stereocenters. The third-order valence-electron chi connectivity index (χ3n) is 3.26. The first-order valence-electron chi connectivity index (χ1n) is 6.52. The van der Waals surface area contributed by atoms with E-state index in [4.69, 9.17) is 11.6 Å². The molecule has 1 fully saturated rings. The summed E-state index contributed by atoms with van der Waals surface area (Å²) in [6, 6.07) is 5.96. The van der Waals surface area contributed by atoms with Crippen LogP contribution in [0.5, 0.6) is 0 Å². The minimum Gasteiger partial charge on any atom is -0.370 e. The molecule has 0 aliphatic carbocycles. The van der Waals surface area contributed by atoms with Crippen LogP contribution in [0.1, 0.15) is 26.7 Å². The first kappa shape index (κ1) is 13.6. The Hall–Kier alpha value is -0.800. The van der Waals surface area contributed by atoms with Gasteiger partial charge in [0.05, 0.1) is 5.02 Å². The number of anilines is 1. The maximum atomic E-state index is 13.2. The number of nitrogens with one attached hydrogen (secondary N) is 1. The topological polar surface area (TPSA) is 15.3 Å². The summed E-state index contributed by atoms with van der Waals surface area (Å²) < 4.78 is 13.2. The smallest absolute Gasteiger partial charge is 0.141 e. The Morgan fingerprint density at radius 1 is 1.44 bits per heavy atom. The van der Waals surface area contributed by atoms with E-state index in [0.29, 0.717) is 12.1 Å². The monoisotopic (exact) mass is 270 g/mol. The Morgan fingerprint density at radius 3 is 2.89 bits per heavy atom. The minimum atomic E-state index is -0.353. The molecule has 2 rings (SSSR count). The number of benzene rings is 1. The number of rotatable bonds is 3.